The molecule has 2 heterocycles. The molecule has 7 nitrogen and oxygen atoms in total. The van der Waals surface area contributed by atoms with Crippen LogP contribution in [-0.2, 0) is 0 Å². The van der Waals surface area contributed by atoms with E-state index in [0.717, 1.165) is 11.1 Å². The van der Waals surface area contributed by atoms with E-state index in [2.05, 4.69) is 5.16 Å². The Kier molecular flexibility index (Phi) is 6.43. The number of aromatic nitrogens is 1. The fourth-order valence-corrected chi connectivity index (χ4v) is 4.30. The molecule has 32 heavy (non-hydrogen) atoms. The van der Waals surface area contributed by atoms with E-state index >= 15 is 0 Å². The van der Waals surface area contributed by atoms with Crippen LogP contribution in [0, 0.1) is 11.0 Å². The predicted octanol–water partition coefficient (Wildman–Crippen LogP) is 4.84. The van der Waals surface area contributed by atoms with Gasteiger partial charge in [-0.25, -0.2) is 4.39 Å². The first-order chi connectivity index (χ1) is 15.4. The number of rotatable bonds is 8. The van der Waals surface area contributed by atoms with Crippen molar-refractivity contribution in [3.05, 3.63) is 58.7 Å². The topological polar surface area (TPSA) is 84.6 Å². The van der Waals surface area contributed by atoms with Gasteiger partial charge in [0.2, 0.25) is 0 Å². The van der Waals surface area contributed by atoms with E-state index in [9.17, 15) is 14.4 Å². The van der Waals surface area contributed by atoms with E-state index in [4.69, 9.17) is 14.0 Å². The van der Waals surface area contributed by atoms with Crippen molar-refractivity contribution in [1.82, 2.24) is 5.16 Å². The third kappa shape index (κ3) is 4.76. The Hall–Kier alpha value is -2.97. The quantitative estimate of drug-likeness (QED) is 0.215. The van der Waals surface area contributed by atoms with Crippen molar-refractivity contribution in [2.24, 2.45) is 0 Å². The molecule has 0 unspecified atom stereocenters. The molecule has 0 atom stereocenters. The van der Waals surface area contributed by atoms with Crippen LogP contribution >= 0.6 is 0 Å². The minimum atomic E-state index is -0.353. The fourth-order valence-electron chi connectivity index (χ4n) is 4.30. The van der Waals surface area contributed by atoms with Crippen molar-refractivity contribution in [1.29, 1.82) is 0 Å². The van der Waals surface area contributed by atoms with E-state index in [0.29, 0.717) is 68.1 Å². The van der Waals surface area contributed by atoms with Gasteiger partial charge in [-0.3, -0.25) is 4.79 Å². The summed E-state index contributed by atoms with van der Waals surface area (Å²) in [7, 11) is 1.53. The smallest absolute Gasteiger partial charge is 0.170 e. The summed E-state index contributed by atoms with van der Waals surface area (Å²) in [5, 5.41) is 18.1. The molecular formula is C24H27FN2O5. The van der Waals surface area contributed by atoms with Gasteiger partial charge in [-0.15, -0.1) is 0 Å². The zero-order chi connectivity index (χ0) is 22.7. The molecule has 0 radical (unpaired) electrons. The summed E-state index contributed by atoms with van der Waals surface area (Å²) in [5.41, 5.74) is 1.82. The minimum absolute atomic E-state index is 0.0400. The first kappa shape index (κ1) is 22.2. The molecule has 0 N–H and O–H groups in total. The van der Waals surface area contributed by atoms with Gasteiger partial charge in [0.25, 0.3) is 0 Å². The SMILES string of the molecule is COc1cc(C(C)=O)ccc1OCCC[N+]1([O-])CCC(c2noc3cc(F)ccc23)CC1. The summed E-state index contributed by atoms with van der Waals surface area (Å²) in [4.78, 5) is 11.5. The summed E-state index contributed by atoms with van der Waals surface area (Å²) in [6.45, 7) is 3.35. The Labute approximate surface area is 185 Å². The van der Waals surface area contributed by atoms with Crippen LogP contribution in [0.4, 0.5) is 4.39 Å². The molecule has 0 aliphatic carbocycles. The lowest BCUT2D eigenvalue weighted by Gasteiger charge is -2.47. The van der Waals surface area contributed by atoms with Crippen molar-refractivity contribution in [2.75, 3.05) is 33.4 Å². The number of ketones is 1. The molecule has 0 bridgehead atoms. The number of fused-ring (bicyclic) bond motifs is 1. The highest BCUT2D eigenvalue weighted by Crippen LogP contribution is 2.35. The van der Waals surface area contributed by atoms with Crippen LogP contribution in [0.15, 0.2) is 40.9 Å². The second-order valence-electron chi connectivity index (χ2n) is 8.34. The summed E-state index contributed by atoms with van der Waals surface area (Å²) in [6, 6.07) is 9.52. The van der Waals surface area contributed by atoms with E-state index < -0.39 is 0 Å². The lowest BCUT2D eigenvalue weighted by atomic mass is 9.91. The van der Waals surface area contributed by atoms with Crippen molar-refractivity contribution in [3.8, 4) is 11.5 Å². The van der Waals surface area contributed by atoms with Crippen LogP contribution in [0.5, 0.6) is 11.5 Å². The van der Waals surface area contributed by atoms with Crippen LogP contribution in [0.3, 0.4) is 0 Å². The van der Waals surface area contributed by atoms with Crippen LogP contribution in [0.1, 0.15) is 48.2 Å². The number of hydrogen-bond acceptors (Lipinski definition) is 6. The molecule has 2 aromatic carbocycles. The Morgan fingerprint density at radius 2 is 2.00 bits per heavy atom. The summed E-state index contributed by atoms with van der Waals surface area (Å²) in [5.74, 6) is 0.810. The van der Waals surface area contributed by atoms with Crippen LogP contribution < -0.4 is 9.47 Å². The van der Waals surface area contributed by atoms with Gasteiger partial charge in [0.15, 0.2) is 22.9 Å². The average molecular weight is 442 g/mol. The Morgan fingerprint density at radius 1 is 1.22 bits per heavy atom. The zero-order valence-corrected chi connectivity index (χ0v) is 18.3. The van der Waals surface area contributed by atoms with E-state index in [-0.39, 0.29) is 22.2 Å². The van der Waals surface area contributed by atoms with E-state index in [1.807, 2.05) is 0 Å². The third-order valence-corrected chi connectivity index (χ3v) is 6.16. The van der Waals surface area contributed by atoms with Gasteiger partial charge < -0.3 is 23.9 Å². The summed E-state index contributed by atoms with van der Waals surface area (Å²) < 4.78 is 29.5. The first-order valence-corrected chi connectivity index (χ1v) is 10.8. The molecule has 8 heteroatoms. The number of hydroxylamine groups is 3. The van der Waals surface area contributed by atoms with Gasteiger partial charge in [0.05, 0.1) is 39.0 Å². The van der Waals surface area contributed by atoms with Crippen LogP contribution in [-0.4, -0.2) is 48.9 Å². The number of likely N-dealkylation sites (tertiary alicyclic amines) is 1. The van der Waals surface area contributed by atoms with Gasteiger partial charge in [-0.2, -0.15) is 0 Å². The molecule has 1 fully saturated rings. The molecule has 1 aliphatic rings. The monoisotopic (exact) mass is 442 g/mol. The Morgan fingerprint density at radius 3 is 2.72 bits per heavy atom. The number of methoxy groups -OCH3 is 1. The number of carbonyl (C=O) groups is 1. The fraction of sp³-hybridized carbons (Fsp3) is 0.417. The number of ether oxygens (including phenoxy) is 2. The molecule has 0 saturated carbocycles. The van der Waals surface area contributed by atoms with Gasteiger partial charge in [-0.1, -0.05) is 5.16 Å². The van der Waals surface area contributed by atoms with Crippen LogP contribution in [0.25, 0.3) is 11.0 Å². The maximum atomic E-state index is 13.4. The second kappa shape index (κ2) is 9.26. The highest BCUT2D eigenvalue weighted by atomic mass is 19.1. The predicted molar refractivity (Wildman–Crippen MR) is 117 cm³/mol. The number of hydrogen-bond donors (Lipinski definition) is 0. The minimum Gasteiger partial charge on any atom is -0.633 e. The van der Waals surface area contributed by atoms with Gasteiger partial charge >= 0.3 is 0 Å². The van der Waals surface area contributed by atoms with Crippen LogP contribution in [0.2, 0.25) is 0 Å². The molecule has 4 rings (SSSR count). The molecule has 1 saturated heterocycles. The number of Topliss-reactive ketones (excluding diaryl/α,β-unsaturated/α-hetero) is 1. The third-order valence-electron chi connectivity index (χ3n) is 6.16. The summed E-state index contributed by atoms with van der Waals surface area (Å²) >= 11 is 0. The standard InChI is InChI=1S/C24H27FN2O5/c1-16(28)18-4-7-21(23(14-18)30-2)31-13-3-10-27(29)11-8-17(9-12-27)24-20-6-5-19(25)15-22(20)32-26-24/h4-7,14-15,17H,3,8-13H2,1-2H3. The summed E-state index contributed by atoms with van der Waals surface area (Å²) in [6.07, 6.45) is 2.03. The number of halogens is 1. The van der Waals surface area contributed by atoms with E-state index in [1.54, 1.807) is 24.3 Å². The van der Waals surface area contributed by atoms with E-state index in [1.165, 1.54) is 26.2 Å². The number of carbonyl (C=O) groups excluding carboxylic acids is 1. The molecule has 0 amide bonds. The molecule has 1 aliphatic heterocycles. The lowest BCUT2D eigenvalue weighted by molar-refractivity contribution is -0.886. The largest absolute Gasteiger partial charge is 0.633 e. The zero-order valence-electron chi connectivity index (χ0n) is 18.3. The highest BCUT2D eigenvalue weighted by Gasteiger charge is 2.30. The number of benzene rings is 2. The maximum absolute atomic E-state index is 13.4. The van der Waals surface area contributed by atoms with Crippen molar-refractivity contribution >= 4 is 16.8 Å². The van der Waals surface area contributed by atoms with Gasteiger partial charge in [0.1, 0.15) is 5.82 Å². The Balaban J connectivity index is 1.28. The molecule has 170 valence electrons. The number of piperidine rings is 1. The first-order valence-electron chi connectivity index (χ1n) is 10.8. The average Bonchev–Trinajstić information content (AvgIpc) is 3.20. The maximum Gasteiger partial charge on any atom is 0.170 e. The lowest BCUT2D eigenvalue weighted by Crippen LogP contribution is -2.48. The molecular weight excluding hydrogens is 415 g/mol. The second-order valence-corrected chi connectivity index (χ2v) is 8.34. The molecule has 3 aromatic rings. The van der Waals surface area contributed by atoms with Gasteiger partial charge in [0, 0.05) is 42.2 Å². The number of nitrogens with zero attached hydrogens (tertiary/aromatic N) is 2. The highest BCUT2D eigenvalue weighted by molar-refractivity contribution is 5.94. The Bertz CT molecular complexity index is 1100. The normalized spacial score (nSPS) is 20.9. The van der Waals surface area contributed by atoms with Crippen molar-refractivity contribution < 1.29 is 27.8 Å². The van der Waals surface area contributed by atoms with Gasteiger partial charge in [-0.05, 0) is 37.3 Å². The molecule has 1 aromatic heterocycles. The number of quaternary nitrogens is 1. The van der Waals surface area contributed by atoms with Crippen molar-refractivity contribution in [3.63, 3.8) is 0 Å². The van der Waals surface area contributed by atoms with Crippen molar-refractivity contribution in [2.45, 2.75) is 32.1 Å². The molecule has 0 spiro atoms.